The number of halogens is 4. The van der Waals surface area contributed by atoms with E-state index in [0.29, 0.717) is 22.6 Å². The van der Waals surface area contributed by atoms with E-state index in [1.54, 1.807) is 18.2 Å². The van der Waals surface area contributed by atoms with E-state index in [2.05, 4.69) is 25.2 Å². The highest BCUT2D eigenvalue weighted by atomic mass is 19.4. The first-order valence-corrected chi connectivity index (χ1v) is 11.7. The largest absolute Gasteiger partial charge is 0.440 e. The Morgan fingerprint density at radius 3 is 2.70 bits per heavy atom. The summed E-state index contributed by atoms with van der Waals surface area (Å²) in [6.07, 6.45) is -2.68. The lowest BCUT2D eigenvalue weighted by atomic mass is 9.97. The zero-order valence-corrected chi connectivity index (χ0v) is 19.5. The summed E-state index contributed by atoms with van der Waals surface area (Å²) >= 11 is 0. The Labute approximate surface area is 208 Å². The van der Waals surface area contributed by atoms with E-state index in [1.165, 1.54) is 12.1 Å². The van der Waals surface area contributed by atoms with Gasteiger partial charge < -0.3 is 19.5 Å². The first kappa shape index (κ1) is 24.7. The average Bonchev–Trinajstić information content (AvgIpc) is 3.30. The molecule has 0 spiro atoms. The van der Waals surface area contributed by atoms with E-state index in [4.69, 9.17) is 0 Å². The van der Waals surface area contributed by atoms with Gasteiger partial charge in [-0.3, -0.25) is 4.79 Å². The van der Waals surface area contributed by atoms with Crippen LogP contribution in [-0.4, -0.2) is 56.0 Å². The minimum Gasteiger partial charge on any atom is -0.440 e. The molecule has 0 radical (unpaired) electrons. The third-order valence-corrected chi connectivity index (χ3v) is 6.24. The predicted octanol–water partition coefficient (Wildman–Crippen LogP) is 4.12. The quantitative estimate of drug-likeness (QED) is 0.522. The summed E-state index contributed by atoms with van der Waals surface area (Å²) in [5.74, 6) is 0.135. The third kappa shape index (κ3) is 5.39. The fourth-order valence-corrected chi connectivity index (χ4v) is 4.45. The molecule has 13 heteroatoms. The number of nitrogens with zero attached hydrogens (tertiary/aromatic N) is 5. The fraction of sp³-hybridized carbons (Fsp3) is 0.375. The van der Waals surface area contributed by atoms with Crippen LogP contribution < -0.4 is 5.32 Å². The zero-order chi connectivity index (χ0) is 26.2. The van der Waals surface area contributed by atoms with Crippen LogP contribution >= 0.6 is 0 Å². The smallest absolute Gasteiger partial charge is 0.422 e. The van der Waals surface area contributed by atoms with Crippen molar-refractivity contribution in [2.24, 2.45) is 0 Å². The molecule has 0 atom stereocenters. The normalized spacial score (nSPS) is 15.1. The predicted molar refractivity (Wildman–Crippen MR) is 122 cm³/mol. The van der Waals surface area contributed by atoms with Crippen molar-refractivity contribution in [1.29, 1.82) is 0 Å². The highest BCUT2D eigenvalue weighted by Gasteiger charge is 2.32. The molecule has 0 saturated carbocycles. The highest BCUT2D eigenvalue weighted by molar-refractivity contribution is 6.04. The van der Waals surface area contributed by atoms with Crippen molar-refractivity contribution in [3.8, 4) is 11.5 Å². The number of alkyl halides is 3. The first-order chi connectivity index (χ1) is 17.7. The lowest BCUT2D eigenvalue weighted by Crippen LogP contribution is -2.38. The molecule has 0 saturated heterocycles. The lowest BCUT2D eigenvalue weighted by Gasteiger charge is -2.28. The summed E-state index contributed by atoms with van der Waals surface area (Å²) < 4.78 is 58.2. The van der Waals surface area contributed by atoms with Crippen molar-refractivity contribution in [3.05, 3.63) is 58.7 Å². The van der Waals surface area contributed by atoms with Gasteiger partial charge in [-0.2, -0.15) is 13.2 Å². The number of nitrogens with one attached hydrogen (secondary N) is 1. The molecule has 37 heavy (non-hydrogen) atoms. The molecule has 0 bridgehead atoms. The summed E-state index contributed by atoms with van der Waals surface area (Å²) in [6, 6.07) is 7.49. The molecule has 2 amide bonds. The van der Waals surface area contributed by atoms with E-state index in [1.807, 2.05) is 4.57 Å². The highest BCUT2D eigenvalue weighted by Crippen LogP contribution is 2.26. The number of carbonyl (C=O) groups excluding carboxylic acids is 2. The molecular weight excluding hydrogens is 496 g/mol. The minimum absolute atomic E-state index is 0.0672. The van der Waals surface area contributed by atoms with Gasteiger partial charge in [0.2, 0.25) is 0 Å². The van der Waals surface area contributed by atoms with Crippen LogP contribution in [0, 0.1) is 5.82 Å². The second-order valence-corrected chi connectivity index (χ2v) is 8.85. The van der Waals surface area contributed by atoms with Gasteiger partial charge in [0.1, 0.15) is 23.2 Å². The molecule has 0 unspecified atom stereocenters. The summed E-state index contributed by atoms with van der Waals surface area (Å²) in [4.78, 5) is 30.5. The van der Waals surface area contributed by atoms with E-state index < -0.39 is 30.6 Å². The molecular formula is C24H22F4N6O3. The van der Waals surface area contributed by atoms with Gasteiger partial charge >= 0.3 is 12.3 Å². The Bertz CT molecular complexity index is 1360. The maximum absolute atomic E-state index is 14.8. The first-order valence-electron chi connectivity index (χ1n) is 11.7. The van der Waals surface area contributed by atoms with Crippen LogP contribution in [0.3, 0.4) is 0 Å². The molecule has 1 N–H and O–H groups in total. The molecule has 9 nitrogen and oxygen atoms in total. The number of aromatic nitrogens is 4. The topological polar surface area (TPSA) is 102 Å². The Kier molecular flexibility index (Phi) is 6.52. The Morgan fingerprint density at radius 2 is 1.89 bits per heavy atom. The van der Waals surface area contributed by atoms with Crippen molar-refractivity contribution < 1.29 is 31.9 Å². The Hall–Kier alpha value is -4.03. The van der Waals surface area contributed by atoms with Gasteiger partial charge in [-0.25, -0.2) is 14.2 Å². The molecule has 5 rings (SSSR count). The number of fused-ring (bicyclic) bond motifs is 2. The van der Waals surface area contributed by atoms with E-state index in [0.717, 1.165) is 36.5 Å². The standard InChI is InChI=1S/C24H22F4N6O3/c25-17-11-14-7-9-33(23(36)37-13-24(26,27)28)12-15(14)10-16(17)22(35)30-19-5-3-4-18(29-19)21-32-31-20-6-1-2-8-34(20)21/h3-5,10-11H,1-2,6-9,12-13H2,(H,29,30,35). The number of anilines is 1. The van der Waals surface area contributed by atoms with E-state index in [-0.39, 0.29) is 30.9 Å². The summed E-state index contributed by atoms with van der Waals surface area (Å²) in [7, 11) is 0. The molecule has 0 aliphatic carbocycles. The number of pyridine rings is 1. The monoisotopic (exact) mass is 518 g/mol. The molecule has 4 heterocycles. The van der Waals surface area contributed by atoms with Crippen LogP contribution in [0.15, 0.2) is 30.3 Å². The van der Waals surface area contributed by atoms with Crippen LogP contribution in [-0.2, 0) is 30.7 Å². The molecule has 194 valence electrons. The van der Waals surface area contributed by atoms with Crippen LogP contribution in [0.25, 0.3) is 11.5 Å². The number of aryl methyl sites for hydroxylation is 1. The number of hydrogen-bond donors (Lipinski definition) is 1. The summed E-state index contributed by atoms with van der Waals surface area (Å²) in [6.45, 7) is -0.969. The zero-order valence-electron chi connectivity index (χ0n) is 19.5. The second kappa shape index (κ2) is 9.79. The van der Waals surface area contributed by atoms with Crippen molar-refractivity contribution in [2.75, 3.05) is 18.5 Å². The number of rotatable bonds is 4. The van der Waals surface area contributed by atoms with Crippen LogP contribution in [0.2, 0.25) is 0 Å². The third-order valence-electron chi connectivity index (χ3n) is 6.24. The maximum Gasteiger partial charge on any atom is 0.422 e. The molecule has 3 aromatic rings. The Morgan fingerprint density at radius 1 is 1.05 bits per heavy atom. The number of amides is 2. The minimum atomic E-state index is -4.64. The number of ether oxygens (including phenoxy) is 1. The van der Waals surface area contributed by atoms with E-state index >= 15 is 0 Å². The van der Waals surface area contributed by atoms with Gasteiger partial charge in [-0.15, -0.1) is 10.2 Å². The number of hydrogen-bond acceptors (Lipinski definition) is 6. The molecule has 2 aliphatic heterocycles. The molecule has 2 aliphatic rings. The van der Waals surface area contributed by atoms with Gasteiger partial charge in [0.25, 0.3) is 5.91 Å². The van der Waals surface area contributed by atoms with Gasteiger partial charge in [0, 0.05) is 26.1 Å². The Balaban J connectivity index is 1.32. The van der Waals surface area contributed by atoms with Gasteiger partial charge in [-0.1, -0.05) is 6.07 Å². The SMILES string of the molecule is O=C(Nc1cccc(-c2nnc3n2CCCC3)n1)c1cc2c(cc1F)CCN(C(=O)OCC(F)(F)F)C2. The van der Waals surface area contributed by atoms with Gasteiger partial charge in [-0.05, 0) is 54.7 Å². The number of benzene rings is 1. The summed E-state index contributed by atoms with van der Waals surface area (Å²) in [5, 5.41) is 11.0. The van der Waals surface area contributed by atoms with Crippen LogP contribution in [0.5, 0.6) is 0 Å². The van der Waals surface area contributed by atoms with Crippen molar-refractivity contribution >= 4 is 17.8 Å². The second-order valence-electron chi connectivity index (χ2n) is 8.85. The van der Waals surface area contributed by atoms with Crippen LogP contribution in [0.4, 0.5) is 28.2 Å². The fourth-order valence-electron chi connectivity index (χ4n) is 4.45. The average molecular weight is 518 g/mol. The van der Waals surface area contributed by atoms with E-state index in [9.17, 15) is 27.2 Å². The van der Waals surface area contributed by atoms with Crippen molar-refractivity contribution in [2.45, 2.75) is 44.9 Å². The lowest BCUT2D eigenvalue weighted by molar-refractivity contribution is -0.162. The molecule has 2 aromatic heterocycles. The van der Waals surface area contributed by atoms with Crippen molar-refractivity contribution in [1.82, 2.24) is 24.6 Å². The number of carbonyl (C=O) groups is 2. The van der Waals surface area contributed by atoms with Gasteiger partial charge in [0.05, 0.1) is 5.56 Å². The molecule has 1 aromatic carbocycles. The van der Waals surface area contributed by atoms with Crippen molar-refractivity contribution in [3.63, 3.8) is 0 Å². The molecule has 0 fully saturated rings. The maximum atomic E-state index is 14.8. The van der Waals surface area contributed by atoms with Crippen LogP contribution in [0.1, 0.15) is 40.2 Å². The summed E-state index contributed by atoms with van der Waals surface area (Å²) in [5.41, 5.74) is 1.23. The van der Waals surface area contributed by atoms with Gasteiger partial charge in [0.15, 0.2) is 12.4 Å².